The van der Waals surface area contributed by atoms with Crippen LogP contribution in [0.3, 0.4) is 0 Å². The fraction of sp³-hybridized carbons (Fsp3) is 1.00. The van der Waals surface area contributed by atoms with E-state index in [-0.39, 0.29) is 0 Å². The maximum Gasteiger partial charge on any atom is 0.0285 e. The summed E-state index contributed by atoms with van der Waals surface area (Å²) in [5.74, 6) is 2.58. The van der Waals surface area contributed by atoms with Crippen LogP contribution in [-0.2, 0) is 0 Å². The maximum atomic E-state index is 3.58. The normalized spacial score (nSPS) is 23.8. The van der Waals surface area contributed by atoms with Crippen LogP contribution in [0.2, 0.25) is 0 Å². The van der Waals surface area contributed by atoms with Crippen LogP contribution in [0.1, 0.15) is 20.3 Å². The van der Waals surface area contributed by atoms with Crippen LogP contribution in [0.4, 0.5) is 0 Å². The van der Waals surface area contributed by atoms with Crippen LogP contribution in [0.15, 0.2) is 0 Å². The zero-order valence-corrected chi connectivity index (χ0v) is 9.70. The van der Waals surface area contributed by atoms with Gasteiger partial charge in [-0.2, -0.15) is 11.8 Å². The predicted molar refractivity (Wildman–Crippen MR) is 61.5 cm³/mol. The third kappa shape index (κ3) is 4.34. The SMILES string of the molecule is CCCN(CC)CC1CSCCN1. The summed E-state index contributed by atoms with van der Waals surface area (Å²) < 4.78 is 0. The molecule has 1 heterocycles. The molecule has 2 nitrogen and oxygen atoms in total. The Morgan fingerprint density at radius 2 is 2.31 bits per heavy atom. The molecule has 0 saturated carbocycles. The quantitative estimate of drug-likeness (QED) is 0.726. The topological polar surface area (TPSA) is 15.3 Å². The summed E-state index contributed by atoms with van der Waals surface area (Å²) in [4.78, 5) is 2.55. The lowest BCUT2D eigenvalue weighted by Gasteiger charge is -2.29. The Morgan fingerprint density at radius 1 is 1.46 bits per heavy atom. The molecule has 0 aromatic rings. The van der Waals surface area contributed by atoms with Crippen LogP contribution in [0, 0.1) is 0 Å². The average Bonchev–Trinajstić information content (AvgIpc) is 2.19. The van der Waals surface area contributed by atoms with Crippen molar-refractivity contribution in [2.75, 3.05) is 37.7 Å². The van der Waals surface area contributed by atoms with E-state index in [1.807, 2.05) is 0 Å². The summed E-state index contributed by atoms with van der Waals surface area (Å²) in [6.07, 6.45) is 1.27. The van der Waals surface area contributed by atoms with Crippen molar-refractivity contribution in [3.8, 4) is 0 Å². The van der Waals surface area contributed by atoms with Crippen molar-refractivity contribution < 1.29 is 0 Å². The Labute approximate surface area is 86.5 Å². The maximum absolute atomic E-state index is 3.58. The van der Waals surface area contributed by atoms with Crippen LogP contribution in [0.5, 0.6) is 0 Å². The van der Waals surface area contributed by atoms with Gasteiger partial charge in [0.15, 0.2) is 0 Å². The molecule has 13 heavy (non-hydrogen) atoms. The number of hydrogen-bond donors (Lipinski definition) is 1. The van der Waals surface area contributed by atoms with E-state index in [4.69, 9.17) is 0 Å². The van der Waals surface area contributed by atoms with Crippen molar-refractivity contribution in [2.45, 2.75) is 26.3 Å². The van der Waals surface area contributed by atoms with E-state index in [2.05, 4.69) is 35.8 Å². The highest BCUT2D eigenvalue weighted by Gasteiger charge is 2.15. The molecule has 0 aromatic heterocycles. The fourth-order valence-corrected chi connectivity index (χ4v) is 2.68. The first-order chi connectivity index (χ1) is 6.36. The molecular weight excluding hydrogens is 180 g/mol. The number of thioether (sulfide) groups is 1. The van der Waals surface area contributed by atoms with E-state index >= 15 is 0 Å². The van der Waals surface area contributed by atoms with Gasteiger partial charge in [-0.25, -0.2) is 0 Å². The van der Waals surface area contributed by atoms with Gasteiger partial charge in [0.1, 0.15) is 0 Å². The van der Waals surface area contributed by atoms with E-state index < -0.39 is 0 Å². The van der Waals surface area contributed by atoms with Gasteiger partial charge in [0.2, 0.25) is 0 Å². The van der Waals surface area contributed by atoms with Crippen LogP contribution in [-0.4, -0.2) is 48.6 Å². The first kappa shape index (κ1) is 11.3. The van der Waals surface area contributed by atoms with Gasteiger partial charge in [-0.3, -0.25) is 0 Å². The highest BCUT2D eigenvalue weighted by Crippen LogP contribution is 2.08. The molecule has 1 fully saturated rings. The number of nitrogens with one attached hydrogen (secondary N) is 1. The number of hydrogen-bond acceptors (Lipinski definition) is 3. The lowest BCUT2D eigenvalue weighted by atomic mass is 10.3. The van der Waals surface area contributed by atoms with E-state index in [1.54, 1.807) is 0 Å². The van der Waals surface area contributed by atoms with Crippen LogP contribution >= 0.6 is 11.8 Å². The van der Waals surface area contributed by atoms with Gasteiger partial charge in [-0.15, -0.1) is 0 Å². The van der Waals surface area contributed by atoms with Gasteiger partial charge >= 0.3 is 0 Å². The van der Waals surface area contributed by atoms with E-state index in [9.17, 15) is 0 Å². The molecule has 0 bridgehead atoms. The van der Waals surface area contributed by atoms with Gasteiger partial charge < -0.3 is 10.2 Å². The van der Waals surface area contributed by atoms with Crippen molar-refractivity contribution in [3.63, 3.8) is 0 Å². The van der Waals surface area contributed by atoms with Crippen molar-refractivity contribution in [2.24, 2.45) is 0 Å². The zero-order valence-electron chi connectivity index (χ0n) is 8.88. The van der Waals surface area contributed by atoms with Gasteiger partial charge in [0, 0.05) is 30.6 Å². The lowest BCUT2D eigenvalue weighted by Crippen LogP contribution is -2.46. The summed E-state index contributed by atoms with van der Waals surface area (Å²) in [5, 5.41) is 3.58. The zero-order chi connectivity index (χ0) is 9.52. The number of rotatable bonds is 5. The molecular formula is C10H22N2S. The van der Waals surface area contributed by atoms with E-state index in [0.717, 1.165) is 6.04 Å². The smallest absolute Gasteiger partial charge is 0.0285 e. The van der Waals surface area contributed by atoms with Crippen molar-refractivity contribution in [3.05, 3.63) is 0 Å². The van der Waals surface area contributed by atoms with Crippen molar-refractivity contribution in [1.82, 2.24) is 10.2 Å². The Balaban J connectivity index is 2.18. The third-order valence-electron chi connectivity index (χ3n) is 2.46. The molecule has 1 atom stereocenters. The Bertz CT molecular complexity index is 121. The van der Waals surface area contributed by atoms with Crippen molar-refractivity contribution in [1.29, 1.82) is 0 Å². The van der Waals surface area contributed by atoms with Gasteiger partial charge in [0.05, 0.1) is 0 Å². The minimum Gasteiger partial charge on any atom is -0.311 e. The highest BCUT2D eigenvalue weighted by atomic mass is 32.2. The molecule has 0 radical (unpaired) electrons. The first-order valence-corrected chi connectivity index (χ1v) is 6.55. The Hall–Kier alpha value is 0.270. The lowest BCUT2D eigenvalue weighted by molar-refractivity contribution is 0.261. The Morgan fingerprint density at radius 3 is 2.85 bits per heavy atom. The van der Waals surface area contributed by atoms with Crippen LogP contribution < -0.4 is 5.32 Å². The number of nitrogens with zero attached hydrogens (tertiary/aromatic N) is 1. The molecule has 1 aliphatic rings. The van der Waals surface area contributed by atoms with Gasteiger partial charge in [0.25, 0.3) is 0 Å². The average molecular weight is 202 g/mol. The second-order valence-corrected chi connectivity index (χ2v) is 4.77. The van der Waals surface area contributed by atoms with Crippen molar-refractivity contribution >= 4 is 11.8 Å². The van der Waals surface area contributed by atoms with E-state index in [0.29, 0.717) is 0 Å². The summed E-state index contributed by atoms with van der Waals surface area (Å²) in [5.41, 5.74) is 0. The number of likely N-dealkylation sites (N-methyl/N-ethyl adjacent to an activating group) is 1. The molecule has 0 aliphatic carbocycles. The van der Waals surface area contributed by atoms with Gasteiger partial charge in [-0.05, 0) is 19.5 Å². The second kappa shape index (κ2) is 6.68. The standard InChI is InChI=1S/C10H22N2S/c1-3-6-12(4-2)8-10-9-13-7-5-11-10/h10-11H,3-9H2,1-2H3. The summed E-state index contributed by atoms with van der Waals surface area (Å²) >= 11 is 2.08. The fourth-order valence-electron chi connectivity index (χ4n) is 1.74. The molecule has 3 heteroatoms. The van der Waals surface area contributed by atoms with Crippen LogP contribution in [0.25, 0.3) is 0 Å². The van der Waals surface area contributed by atoms with E-state index in [1.165, 1.54) is 44.1 Å². The third-order valence-corrected chi connectivity index (χ3v) is 3.59. The molecule has 0 aromatic carbocycles. The Kier molecular flexibility index (Phi) is 5.83. The summed E-state index contributed by atoms with van der Waals surface area (Å²) in [6.45, 7) is 9.38. The molecule has 1 rings (SSSR count). The highest BCUT2D eigenvalue weighted by molar-refractivity contribution is 7.99. The summed E-state index contributed by atoms with van der Waals surface area (Å²) in [7, 11) is 0. The van der Waals surface area contributed by atoms with Gasteiger partial charge in [-0.1, -0.05) is 13.8 Å². The molecule has 1 unspecified atom stereocenters. The molecule has 78 valence electrons. The second-order valence-electron chi connectivity index (χ2n) is 3.62. The molecule has 0 spiro atoms. The molecule has 1 N–H and O–H groups in total. The first-order valence-electron chi connectivity index (χ1n) is 5.40. The minimum atomic E-state index is 0.727. The minimum absolute atomic E-state index is 0.727. The summed E-state index contributed by atoms with van der Waals surface area (Å²) in [6, 6.07) is 0.727. The largest absolute Gasteiger partial charge is 0.311 e. The predicted octanol–water partition coefficient (Wildman–Crippen LogP) is 1.42. The monoisotopic (exact) mass is 202 g/mol. The molecule has 1 aliphatic heterocycles. The molecule has 0 amide bonds. The molecule has 1 saturated heterocycles.